The zero-order valence-electron chi connectivity index (χ0n) is 12.3. The molecule has 1 fully saturated rings. The summed E-state index contributed by atoms with van der Waals surface area (Å²) in [5.41, 5.74) is 2.27. The Morgan fingerprint density at radius 3 is 2.90 bits per heavy atom. The minimum atomic E-state index is -0.262. The summed E-state index contributed by atoms with van der Waals surface area (Å²) in [5.74, 6) is 0.0943. The highest BCUT2D eigenvalue weighted by atomic mass is 16.2. The number of amides is 2. The molecular formula is C16H21N3O2. The van der Waals surface area contributed by atoms with Crippen LogP contribution in [0.4, 0.5) is 5.69 Å². The first-order valence-electron chi connectivity index (χ1n) is 7.57. The van der Waals surface area contributed by atoms with E-state index in [1.807, 2.05) is 34.9 Å². The minimum Gasteiger partial charge on any atom is -0.354 e. The van der Waals surface area contributed by atoms with E-state index in [4.69, 9.17) is 0 Å². The van der Waals surface area contributed by atoms with Crippen molar-refractivity contribution in [3.63, 3.8) is 0 Å². The number of para-hydroxylation sites is 1. The molecule has 112 valence electrons. The SMILES string of the molecule is C[C@@H](C(=O)N1CCCc2ccccc21)N1CCNC(=O)C1. The average Bonchev–Trinajstić information content (AvgIpc) is 2.53. The Kier molecular flexibility index (Phi) is 3.92. The Labute approximate surface area is 124 Å². The quantitative estimate of drug-likeness (QED) is 0.875. The van der Waals surface area contributed by atoms with E-state index in [0.717, 1.165) is 31.6 Å². The molecule has 0 aromatic heterocycles. The summed E-state index contributed by atoms with van der Waals surface area (Å²) in [6.07, 6.45) is 2.02. The molecule has 1 aromatic carbocycles. The highest BCUT2D eigenvalue weighted by molar-refractivity contribution is 5.98. The zero-order chi connectivity index (χ0) is 14.8. The van der Waals surface area contributed by atoms with Crippen molar-refractivity contribution in [1.29, 1.82) is 0 Å². The van der Waals surface area contributed by atoms with E-state index >= 15 is 0 Å². The van der Waals surface area contributed by atoms with Crippen molar-refractivity contribution in [2.24, 2.45) is 0 Å². The van der Waals surface area contributed by atoms with Crippen molar-refractivity contribution >= 4 is 17.5 Å². The summed E-state index contributed by atoms with van der Waals surface area (Å²) < 4.78 is 0. The molecule has 0 radical (unpaired) electrons. The van der Waals surface area contributed by atoms with Crippen molar-refractivity contribution < 1.29 is 9.59 Å². The number of carbonyl (C=O) groups excluding carboxylic acids is 2. The molecule has 2 aliphatic rings. The Balaban J connectivity index is 1.78. The van der Waals surface area contributed by atoms with Crippen LogP contribution in [0.15, 0.2) is 24.3 Å². The Hall–Kier alpha value is -1.88. The minimum absolute atomic E-state index is 0.0000516. The summed E-state index contributed by atoms with van der Waals surface area (Å²) in [6.45, 7) is 4.32. The first kappa shape index (κ1) is 14.1. The first-order chi connectivity index (χ1) is 10.2. The van der Waals surface area contributed by atoms with E-state index in [1.165, 1.54) is 5.56 Å². The highest BCUT2D eigenvalue weighted by Gasteiger charge is 2.31. The molecule has 1 N–H and O–H groups in total. The van der Waals surface area contributed by atoms with Gasteiger partial charge in [-0.05, 0) is 31.4 Å². The molecule has 0 spiro atoms. The van der Waals surface area contributed by atoms with Gasteiger partial charge in [0.05, 0.1) is 12.6 Å². The topological polar surface area (TPSA) is 52.7 Å². The molecule has 1 saturated heterocycles. The smallest absolute Gasteiger partial charge is 0.244 e. The molecule has 0 bridgehead atoms. The molecule has 3 rings (SSSR count). The normalized spacial score (nSPS) is 20.6. The van der Waals surface area contributed by atoms with Gasteiger partial charge in [0.25, 0.3) is 0 Å². The fourth-order valence-corrected chi connectivity index (χ4v) is 3.13. The lowest BCUT2D eigenvalue weighted by molar-refractivity contribution is -0.128. The monoisotopic (exact) mass is 287 g/mol. The van der Waals surface area contributed by atoms with Crippen LogP contribution in [0.25, 0.3) is 0 Å². The number of fused-ring (bicyclic) bond motifs is 1. The Morgan fingerprint density at radius 2 is 2.10 bits per heavy atom. The van der Waals surface area contributed by atoms with Gasteiger partial charge in [-0.1, -0.05) is 18.2 Å². The number of hydrogen-bond acceptors (Lipinski definition) is 3. The fraction of sp³-hybridized carbons (Fsp3) is 0.500. The molecule has 2 aliphatic heterocycles. The van der Waals surface area contributed by atoms with E-state index in [-0.39, 0.29) is 17.9 Å². The third kappa shape index (κ3) is 2.78. The standard InChI is InChI=1S/C16H21N3O2/c1-12(18-10-8-17-15(20)11-18)16(21)19-9-4-6-13-5-2-3-7-14(13)19/h2-3,5,7,12H,4,6,8-11H2,1H3,(H,17,20)/t12-/m0/s1. The third-order valence-electron chi connectivity index (χ3n) is 4.35. The van der Waals surface area contributed by atoms with E-state index in [1.54, 1.807) is 0 Å². The second-order valence-electron chi connectivity index (χ2n) is 5.72. The number of nitrogens with zero attached hydrogens (tertiary/aromatic N) is 2. The van der Waals surface area contributed by atoms with E-state index < -0.39 is 0 Å². The average molecular weight is 287 g/mol. The van der Waals surface area contributed by atoms with Crippen molar-refractivity contribution in [1.82, 2.24) is 10.2 Å². The number of carbonyl (C=O) groups is 2. The molecule has 1 aromatic rings. The van der Waals surface area contributed by atoms with Gasteiger partial charge in [0.15, 0.2) is 0 Å². The summed E-state index contributed by atoms with van der Waals surface area (Å²) in [6, 6.07) is 7.84. The maximum Gasteiger partial charge on any atom is 0.244 e. The van der Waals surface area contributed by atoms with Crippen LogP contribution in [-0.2, 0) is 16.0 Å². The highest BCUT2D eigenvalue weighted by Crippen LogP contribution is 2.27. The van der Waals surface area contributed by atoms with Crippen LogP contribution in [0.2, 0.25) is 0 Å². The number of anilines is 1. The summed E-state index contributed by atoms with van der Waals surface area (Å²) >= 11 is 0. The predicted molar refractivity (Wildman–Crippen MR) is 81.2 cm³/mol. The van der Waals surface area contributed by atoms with Gasteiger partial charge < -0.3 is 10.2 Å². The van der Waals surface area contributed by atoms with Gasteiger partial charge in [0.2, 0.25) is 11.8 Å². The van der Waals surface area contributed by atoms with Gasteiger partial charge in [-0.25, -0.2) is 0 Å². The van der Waals surface area contributed by atoms with Crippen LogP contribution in [0.3, 0.4) is 0 Å². The lowest BCUT2D eigenvalue weighted by Crippen LogP contribution is -2.56. The molecule has 2 heterocycles. The summed E-state index contributed by atoms with van der Waals surface area (Å²) in [7, 11) is 0. The fourth-order valence-electron chi connectivity index (χ4n) is 3.13. The van der Waals surface area contributed by atoms with Gasteiger partial charge >= 0.3 is 0 Å². The number of hydrogen-bond donors (Lipinski definition) is 1. The molecular weight excluding hydrogens is 266 g/mol. The second-order valence-corrected chi connectivity index (χ2v) is 5.72. The van der Waals surface area contributed by atoms with E-state index in [9.17, 15) is 9.59 Å². The Morgan fingerprint density at radius 1 is 1.29 bits per heavy atom. The number of aryl methyl sites for hydroxylation is 1. The zero-order valence-corrected chi connectivity index (χ0v) is 12.3. The molecule has 2 amide bonds. The molecule has 5 nitrogen and oxygen atoms in total. The van der Waals surface area contributed by atoms with Crippen LogP contribution < -0.4 is 10.2 Å². The van der Waals surface area contributed by atoms with Gasteiger partial charge in [-0.15, -0.1) is 0 Å². The first-order valence-corrected chi connectivity index (χ1v) is 7.57. The van der Waals surface area contributed by atoms with E-state index in [0.29, 0.717) is 13.1 Å². The number of piperazine rings is 1. The molecule has 21 heavy (non-hydrogen) atoms. The molecule has 0 saturated carbocycles. The van der Waals surface area contributed by atoms with Gasteiger partial charge in [-0.2, -0.15) is 0 Å². The number of rotatable bonds is 2. The van der Waals surface area contributed by atoms with Crippen LogP contribution in [-0.4, -0.2) is 48.9 Å². The number of nitrogens with one attached hydrogen (secondary N) is 1. The maximum absolute atomic E-state index is 12.8. The lowest BCUT2D eigenvalue weighted by atomic mass is 10.0. The molecule has 0 aliphatic carbocycles. The molecule has 5 heteroatoms. The van der Waals surface area contributed by atoms with Crippen molar-refractivity contribution in [3.05, 3.63) is 29.8 Å². The lowest BCUT2D eigenvalue weighted by Gasteiger charge is -2.36. The van der Waals surface area contributed by atoms with Gasteiger partial charge in [0.1, 0.15) is 0 Å². The van der Waals surface area contributed by atoms with Crippen molar-refractivity contribution in [2.45, 2.75) is 25.8 Å². The van der Waals surface area contributed by atoms with Gasteiger partial charge in [0, 0.05) is 25.3 Å². The van der Waals surface area contributed by atoms with Gasteiger partial charge in [-0.3, -0.25) is 14.5 Å². The third-order valence-corrected chi connectivity index (χ3v) is 4.35. The van der Waals surface area contributed by atoms with Crippen LogP contribution in [0.5, 0.6) is 0 Å². The van der Waals surface area contributed by atoms with Crippen LogP contribution in [0, 0.1) is 0 Å². The van der Waals surface area contributed by atoms with Crippen LogP contribution in [0.1, 0.15) is 18.9 Å². The van der Waals surface area contributed by atoms with Crippen LogP contribution >= 0.6 is 0 Å². The summed E-state index contributed by atoms with van der Waals surface area (Å²) in [5, 5.41) is 2.80. The largest absolute Gasteiger partial charge is 0.354 e. The van der Waals surface area contributed by atoms with Crippen molar-refractivity contribution in [2.75, 3.05) is 31.1 Å². The molecule has 1 atom stereocenters. The predicted octanol–water partition coefficient (Wildman–Crippen LogP) is 0.786. The number of benzene rings is 1. The summed E-state index contributed by atoms with van der Waals surface area (Å²) in [4.78, 5) is 28.2. The second kappa shape index (κ2) is 5.85. The van der Waals surface area contributed by atoms with Crippen molar-refractivity contribution in [3.8, 4) is 0 Å². The van der Waals surface area contributed by atoms with E-state index in [2.05, 4.69) is 11.4 Å². The Bertz CT molecular complexity index is 558. The molecule has 0 unspecified atom stereocenters. The maximum atomic E-state index is 12.8.